The van der Waals surface area contributed by atoms with E-state index in [0.717, 1.165) is 6.26 Å². The lowest BCUT2D eigenvalue weighted by atomic mass is 10.1. The van der Waals surface area contributed by atoms with Crippen molar-refractivity contribution in [3.05, 3.63) is 29.8 Å². The summed E-state index contributed by atoms with van der Waals surface area (Å²) in [5.74, 6) is -0.625. The maximum atomic E-state index is 11.9. The number of hydrogen-bond acceptors (Lipinski definition) is 5. The molecule has 0 spiro atoms. The van der Waals surface area contributed by atoms with Gasteiger partial charge in [0.1, 0.15) is 4.75 Å². The van der Waals surface area contributed by atoms with Crippen LogP contribution in [0.1, 0.15) is 19.4 Å². The van der Waals surface area contributed by atoms with Crippen molar-refractivity contribution in [1.29, 1.82) is 0 Å². The summed E-state index contributed by atoms with van der Waals surface area (Å²) in [6.07, 6.45) is 0.994. The van der Waals surface area contributed by atoms with Crippen LogP contribution in [0.15, 0.2) is 29.2 Å². The minimum atomic E-state index is -3.76. The predicted molar refractivity (Wildman–Crippen MR) is 78.6 cm³/mol. The van der Waals surface area contributed by atoms with Gasteiger partial charge in [-0.2, -0.15) is 0 Å². The van der Waals surface area contributed by atoms with Gasteiger partial charge in [-0.05, 0) is 31.5 Å². The Balaban J connectivity index is 2.79. The largest absolute Gasteiger partial charge is 0.351 e. The molecule has 0 saturated carbocycles. The molecule has 0 aliphatic heterocycles. The standard InChI is InChI=1S/C12H18N2O5S2/c1-12(2,20(3,16)17)11(15)14-8-9-4-6-10(7-5-9)21(13,18)19/h4-7H,8H2,1-3H3,(H,14,15)(H2,13,18,19). The van der Waals surface area contributed by atoms with Crippen LogP contribution in [0.25, 0.3) is 0 Å². The third kappa shape index (κ3) is 4.26. The van der Waals surface area contributed by atoms with E-state index in [1.807, 2.05) is 0 Å². The van der Waals surface area contributed by atoms with Crippen LogP contribution >= 0.6 is 0 Å². The molecule has 0 saturated heterocycles. The molecule has 3 N–H and O–H groups in total. The van der Waals surface area contributed by atoms with Crippen molar-refractivity contribution in [2.45, 2.75) is 30.0 Å². The third-order valence-electron chi connectivity index (χ3n) is 3.18. The van der Waals surface area contributed by atoms with Gasteiger partial charge in [0.05, 0.1) is 4.90 Å². The van der Waals surface area contributed by atoms with E-state index in [9.17, 15) is 21.6 Å². The molecule has 7 nitrogen and oxygen atoms in total. The van der Waals surface area contributed by atoms with Crippen molar-refractivity contribution in [3.8, 4) is 0 Å². The van der Waals surface area contributed by atoms with E-state index in [4.69, 9.17) is 5.14 Å². The molecule has 118 valence electrons. The molecule has 0 unspecified atom stereocenters. The Bertz CT molecular complexity index is 734. The monoisotopic (exact) mass is 334 g/mol. The van der Waals surface area contributed by atoms with Crippen LogP contribution in [0, 0.1) is 0 Å². The number of primary sulfonamides is 1. The number of carbonyl (C=O) groups excluding carboxylic acids is 1. The molecule has 1 rings (SSSR count). The predicted octanol–water partition coefficient (Wildman–Crippen LogP) is -0.227. The molecule has 0 aromatic heterocycles. The first-order valence-corrected chi connectivity index (χ1v) is 9.39. The molecule has 21 heavy (non-hydrogen) atoms. The molecule has 0 aliphatic rings. The van der Waals surface area contributed by atoms with Crippen LogP contribution in [0.5, 0.6) is 0 Å². The van der Waals surface area contributed by atoms with Crippen LogP contribution in [0.4, 0.5) is 0 Å². The SMILES string of the molecule is CC(C)(C(=O)NCc1ccc(S(N)(=O)=O)cc1)S(C)(=O)=O. The van der Waals surface area contributed by atoms with Crippen LogP contribution in [-0.2, 0) is 31.2 Å². The van der Waals surface area contributed by atoms with Gasteiger partial charge in [-0.25, -0.2) is 22.0 Å². The number of sulfonamides is 1. The first kappa shape index (κ1) is 17.6. The van der Waals surface area contributed by atoms with E-state index in [2.05, 4.69) is 5.32 Å². The zero-order valence-electron chi connectivity index (χ0n) is 12.0. The van der Waals surface area contributed by atoms with E-state index in [1.165, 1.54) is 38.1 Å². The molecule has 0 fully saturated rings. The number of carbonyl (C=O) groups is 1. The third-order valence-corrected chi connectivity index (χ3v) is 6.15. The molecular formula is C12H18N2O5S2. The number of amides is 1. The van der Waals surface area contributed by atoms with Crippen LogP contribution < -0.4 is 10.5 Å². The highest BCUT2D eigenvalue weighted by Gasteiger charge is 2.38. The van der Waals surface area contributed by atoms with Crippen molar-refractivity contribution in [3.63, 3.8) is 0 Å². The summed E-state index contributed by atoms with van der Waals surface area (Å²) in [5.41, 5.74) is 0.625. The molecule has 0 aliphatic carbocycles. The molecule has 0 radical (unpaired) electrons. The number of hydrogen-bond donors (Lipinski definition) is 2. The fourth-order valence-electron chi connectivity index (χ4n) is 1.36. The van der Waals surface area contributed by atoms with Gasteiger partial charge in [0, 0.05) is 12.8 Å². The lowest BCUT2D eigenvalue weighted by molar-refractivity contribution is -0.123. The van der Waals surface area contributed by atoms with Gasteiger partial charge >= 0.3 is 0 Å². The molecule has 9 heteroatoms. The Morgan fingerprint density at radius 3 is 2.00 bits per heavy atom. The fourth-order valence-corrected chi connectivity index (χ4v) is 2.28. The van der Waals surface area contributed by atoms with Gasteiger partial charge in [0.25, 0.3) is 0 Å². The van der Waals surface area contributed by atoms with Crippen molar-refractivity contribution in [2.75, 3.05) is 6.26 Å². The van der Waals surface area contributed by atoms with Crippen molar-refractivity contribution >= 4 is 25.8 Å². The summed E-state index contributed by atoms with van der Waals surface area (Å²) in [5, 5.41) is 7.47. The molecule has 1 aromatic carbocycles. The Hall–Kier alpha value is -1.45. The van der Waals surface area contributed by atoms with E-state index in [0.29, 0.717) is 5.56 Å². The van der Waals surface area contributed by atoms with E-state index >= 15 is 0 Å². The van der Waals surface area contributed by atoms with E-state index < -0.39 is 30.5 Å². The summed E-state index contributed by atoms with van der Waals surface area (Å²) >= 11 is 0. The van der Waals surface area contributed by atoms with Gasteiger partial charge in [0.15, 0.2) is 9.84 Å². The lowest BCUT2D eigenvalue weighted by Gasteiger charge is -2.21. The number of benzene rings is 1. The summed E-state index contributed by atoms with van der Waals surface area (Å²) < 4.78 is 43.7. The summed E-state index contributed by atoms with van der Waals surface area (Å²) in [4.78, 5) is 11.9. The highest BCUT2D eigenvalue weighted by atomic mass is 32.2. The Kier molecular flexibility index (Phi) is 4.81. The zero-order chi connectivity index (χ0) is 16.5. The maximum absolute atomic E-state index is 11.9. The van der Waals surface area contributed by atoms with Gasteiger partial charge in [0.2, 0.25) is 15.9 Å². The van der Waals surface area contributed by atoms with Crippen molar-refractivity contribution < 1.29 is 21.6 Å². The molecule has 0 heterocycles. The van der Waals surface area contributed by atoms with E-state index in [1.54, 1.807) is 0 Å². The second-order valence-electron chi connectivity index (χ2n) is 5.15. The Morgan fingerprint density at radius 1 is 1.14 bits per heavy atom. The molecule has 0 atom stereocenters. The number of sulfone groups is 1. The van der Waals surface area contributed by atoms with Crippen LogP contribution in [0.3, 0.4) is 0 Å². The van der Waals surface area contributed by atoms with Crippen LogP contribution in [-0.4, -0.2) is 33.7 Å². The zero-order valence-corrected chi connectivity index (χ0v) is 13.6. The maximum Gasteiger partial charge on any atom is 0.241 e. The van der Waals surface area contributed by atoms with Crippen molar-refractivity contribution in [2.24, 2.45) is 5.14 Å². The smallest absolute Gasteiger partial charge is 0.241 e. The average molecular weight is 334 g/mol. The number of rotatable bonds is 5. The average Bonchev–Trinajstić information content (AvgIpc) is 2.33. The number of nitrogens with one attached hydrogen (secondary N) is 1. The second kappa shape index (κ2) is 5.74. The highest BCUT2D eigenvalue weighted by molar-refractivity contribution is 7.92. The van der Waals surface area contributed by atoms with Crippen LogP contribution in [0.2, 0.25) is 0 Å². The minimum Gasteiger partial charge on any atom is -0.351 e. The van der Waals surface area contributed by atoms with Crippen molar-refractivity contribution in [1.82, 2.24) is 5.32 Å². The summed E-state index contributed by atoms with van der Waals surface area (Å²) in [6.45, 7) is 2.73. The lowest BCUT2D eigenvalue weighted by Crippen LogP contribution is -2.47. The Morgan fingerprint density at radius 2 is 1.62 bits per heavy atom. The topological polar surface area (TPSA) is 123 Å². The van der Waals surface area contributed by atoms with Gasteiger partial charge in [-0.3, -0.25) is 4.79 Å². The number of nitrogens with two attached hydrogens (primary N) is 1. The van der Waals surface area contributed by atoms with Gasteiger partial charge < -0.3 is 5.32 Å². The molecule has 0 bridgehead atoms. The molecule has 1 amide bonds. The van der Waals surface area contributed by atoms with E-state index in [-0.39, 0.29) is 11.4 Å². The fraction of sp³-hybridized carbons (Fsp3) is 0.417. The minimum absolute atomic E-state index is 0.0333. The van der Waals surface area contributed by atoms with Gasteiger partial charge in [-0.15, -0.1) is 0 Å². The molecular weight excluding hydrogens is 316 g/mol. The van der Waals surface area contributed by atoms with Gasteiger partial charge in [-0.1, -0.05) is 12.1 Å². The quantitative estimate of drug-likeness (QED) is 0.770. The Labute approximate surface area is 124 Å². The summed E-state index contributed by atoms with van der Waals surface area (Å²) in [7, 11) is -7.30. The second-order valence-corrected chi connectivity index (χ2v) is 9.28. The molecule has 1 aromatic rings. The first-order valence-electron chi connectivity index (χ1n) is 5.95. The highest BCUT2D eigenvalue weighted by Crippen LogP contribution is 2.15. The summed E-state index contributed by atoms with van der Waals surface area (Å²) in [6, 6.07) is 5.62. The normalized spacial score (nSPS) is 13.0. The first-order chi connectivity index (χ1) is 9.35.